The van der Waals surface area contributed by atoms with E-state index in [1.165, 1.54) is 4.90 Å². The van der Waals surface area contributed by atoms with Gasteiger partial charge in [0.05, 0.1) is 17.8 Å². The van der Waals surface area contributed by atoms with Crippen molar-refractivity contribution in [3.05, 3.63) is 60.2 Å². The number of amides is 3. The highest BCUT2D eigenvalue weighted by Gasteiger charge is 2.30. The molecule has 0 saturated heterocycles. The van der Waals surface area contributed by atoms with Gasteiger partial charge in [0.15, 0.2) is 6.61 Å². The van der Waals surface area contributed by atoms with Crippen LogP contribution in [0.2, 0.25) is 0 Å². The van der Waals surface area contributed by atoms with E-state index in [1.807, 2.05) is 30.3 Å². The first-order chi connectivity index (χ1) is 14.4. The number of hydrogen-bond acceptors (Lipinski definition) is 5. The van der Waals surface area contributed by atoms with Gasteiger partial charge in [0.2, 0.25) is 11.8 Å². The number of esters is 1. The van der Waals surface area contributed by atoms with Crippen molar-refractivity contribution in [2.45, 2.75) is 25.8 Å². The van der Waals surface area contributed by atoms with Crippen molar-refractivity contribution < 1.29 is 23.9 Å². The van der Waals surface area contributed by atoms with Crippen molar-refractivity contribution in [1.82, 2.24) is 5.32 Å². The molecule has 2 N–H and O–H groups in total. The molecular weight excluding hydrogens is 386 g/mol. The summed E-state index contributed by atoms with van der Waals surface area (Å²) in [5, 5.41) is 5.25. The first-order valence-electron chi connectivity index (χ1n) is 9.61. The van der Waals surface area contributed by atoms with E-state index in [1.54, 1.807) is 31.2 Å². The maximum absolute atomic E-state index is 12.7. The van der Waals surface area contributed by atoms with Crippen LogP contribution in [0.5, 0.6) is 0 Å². The molecule has 0 unspecified atom stereocenters. The Labute approximate surface area is 174 Å². The van der Waals surface area contributed by atoms with Crippen LogP contribution in [0, 0.1) is 0 Å². The van der Waals surface area contributed by atoms with E-state index in [0.717, 1.165) is 5.56 Å². The molecule has 156 valence electrons. The van der Waals surface area contributed by atoms with Gasteiger partial charge in [0, 0.05) is 12.5 Å². The predicted molar refractivity (Wildman–Crippen MR) is 111 cm³/mol. The summed E-state index contributed by atoms with van der Waals surface area (Å²) in [5.41, 5.74) is 1.91. The second kappa shape index (κ2) is 9.69. The Bertz CT molecular complexity index is 945. The second-order valence-corrected chi connectivity index (χ2v) is 6.98. The highest BCUT2D eigenvalue weighted by Crippen LogP contribution is 2.31. The summed E-state index contributed by atoms with van der Waals surface area (Å²) in [6, 6.07) is 15.7. The van der Waals surface area contributed by atoms with Gasteiger partial charge >= 0.3 is 5.97 Å². The third-order valence-corrected chi connectivity index (χ3v) is 4.62. The SMILES string of the molecule is C[C@@H]1CC(=O)Nc2ccccc2N1C(=O)COC(=O)CNC(=O)Cc1ccccc1. The topological polar surface area (TPSA) is 105 Å². The van der Waals surface area contributed by atoms with Crippen LogP contribution in [0.1, 0.15) is 18.9 Å². The normalized spacial score (nSPS) is 15.4. The van der Waals surface area contributed by atoms with Gasteiger partial charge in [-0.2, -0.15) is 0 Å². The maximum Gasteiger partial charge on any atom is 0.325 e. The smallest absolute Gasteiger partial charge is 0.325 e. The first kappa shape index (κ1) is 21.0. The lowest BCUT2D eigenvalue weighted by Gasteiger charge is -2.27. The number of rotatable bonds is 6. The standard InChI is InChI=1S/C22H23N3O5/c1-15-11-20(27)24-17-9-5-6-10-18(17)25(15)21(28)14-30-22(29)13-23-19(26)12-16-7-3-2-4-8-16/h2-10,15H,11-14H2,1H3,(H,23,26)(H,24,27)/t15-/m1/s1. The molecule has 1 atom stereocenters. The average molecular weight is 409 g/mol. The lowest BCUT2D eigenvalue weighted by molar-refractivity contribution is -0.147. The molecule has 0 radical (unpaired) electrons. The molecular formula is C22H23N3O5. The zero-order chi connectivity index (χ0) is 21.5. The van der Waals surface area contributed by atoms with Crippen molar-refractivity contribution in [2.24, 2.45) is 0 Å². The molecule has 0 spiro atoms. The fourth-order valence-corrected chi connectivity index (χ4v) is 3.25. The molecule has 2 aromatic rings. The Hall–Kier alpha value is -3.68. The summed E-state index contributed by atoms with van der Waals surface area (Å²) >= 11 is 0. The fraction of sp³-hybridized carbons (Fsp3) is 0.273. The number of para-hydroxylation sites is 2. The molecule has 0 fully saturated rings. The number of carbonyl (C=O) groups excluding carboxylic acids is 4. The van der Waals surface area contributed by atoms with Gasteiger partial charge in [0.25, 0.3) is 5.91 Å². The van der Waals surface area contributed by atoms with Crippen molar-refractivity contribution in [3.63, 3.8) is 0 Å². The largest absolute Gasteiger partial charge is 0.454 e. The highest BCUT2D eigenvalue weighted by atomic mass is 16.5. The van der Waals surface area contributed by atoms with Gasteiger partial charge in [0.1, 0.15) is 6.54 Å². The summed E-state index contributed by atoms with van der Waals surface area (Å²) in [6.45, 7) is 0.941. The van der Waals surface area contributed by atoms with E-state index in [4.69, 9.17) is 4.74 Å². The van der Waals surface area contributed by atoms with E-state index in [-0.39, 0.29) is 31.2 Å². The number of fused-ring (bicyclic) bond motifs is 1. The van der Waals surface area contributed by atoms with E-state index in [0.29, 0.717) is 11.4 Å². The van der Waals surface area contributed by atoms with Crippen molar-refractivity contribution in [1.29, 1.82) is 0 Å². The van der Waals surface area contributed by atoms with Crippen LogP contribution in [-0.2, 0) is 30.3 Å². The van der Waals surface area contributed by atoms with Crippen molar-refractivity contribution >= 4 is 35.1 Å². The summed E-state index contributed by atoms with van der Waals surface area (Å²) in [4.78, 5) is 50.1. The molecule has 3 amide bonds. The van der Waals surface area contributed by atoms with Crippen LogP contribution in [-0.4, -0.2) is 42.9 Å². The van der Waals surface area contributed by atoms with Gasteiger partial charge in [-0.25, -0.2) is 0 Å². The molecule has 1 aliphatic heterocycles. The van der Waals surface area contributed by atoms with Gasteiger partial charge in [-0.15, -0.1) is 0 Å². The Kier molecular flexibility index (Phi) is 6.79. The molecule has 0 bridgehead atoms. The Balaban J connectivity index is 1.52. The fourth-order valence-electron chi connectivity index (χ4n) is 3.25. The van der Waals surface area contributed by atoms with Crippen molar-refractivity contribution in [2.75, 3.05) is 23.4 Å². The van der Waals surface area contributed by atoms with Crippen LogP contribution in [0.15, 0.2) is 54.6 Å². The van der Waals surface area contributed by atoms with Gasteiger partial charge in [-0.05, 0) is 24.6 Å². The lowest BCUT2D eigenvalue weighted by atomic mass is 10.1. The predicted octanol–water partition coefficient (Wildman–Crippen LogP) is 1.65. The maximum atomic E-state index is 12.7. The van der Waals surface area contributed by atoms with E-state index in [9.17, 15) is 19.2 Å². The molecule has 0 aromatic heterocycles. The van der Waals surface area contributed by atoms with Crippen LogP contribution in [0.4, 0.5) is 11.4 Å². The minimum atomic E-state index is -0.713. The first-order valence-corrected chi connectivity index (χ1v) is 9.61. The molecule has 3 rings (SSSR count). The molecule has 0 saturated carbocycles. The lowest BCUT2D eigenvalue weighted by Crippen LogP contribution is -2.42. The van der Waals surface area contributed by atoms with Gasteiger partial charge < -0.3 is 20.3 Å². The van der Waals surface area contributed by atoms with Gasteiger partial charge in [-0.1, -0.05) is 42.5 Å². The Morgan fingerprint density at radius 1 is 1.10 bits per heavy atom. The number of carbonyl (C=O) groups is 4. The minimum Gasteiger partial charge on any atom is -0.454 e. The number of benzene rings is 2. The van der Waals surface area contributed by atoms with E-state index in [2.05, 4.69) is 10.6 Å². The second-order valence-electron chi connectivity index (χ2n) is 6.98. The minimum absolute atomic E-state index is 0.129. The van der Waals surface area contributed by atoms with Crippen LogP contribution in [0.3, 0.4) is 0 Å². The Morgan fingerprint density at radius 3 is 2.57 bits per heavy atom. The molecule has 8 nitrogen and oxygen atoms in total. The summed E-state index contributed by atoms with van der Waals surface area (Å²) in [5.74, 6) is -1.67. The average Bonchev–Trinajstić information content (AvgIpc) is 2.85. The zero-order valence-electron chi connectivity index (χ0n) is 16.6. The zero-order valence-corrected chi connectivity index (χ0v) is 16.6. The molecule has 1 aliphatic rings. The quantitative estimate of drug-likeness (QED) is 0.706. The van der Waals surface area contributed by atoms with Crippen LogP contribution in [0.25, 0.3) is 0 Å². The molecule has 8 heteroatoms. The summed E-state index contributed by atoms with van der Waals surface area (Å²) in [6.07, 6.45) is 0.278. The number of nitrogens with one attached hydrogen (secondary N) is 2. The van der Waals surface area contributed by atoms with E-state index >= 15 is 0 Å². The van der Waals surface area contributed by atoms with Gasteiger partial charge in [-0.3, -0.25) is 19.2 Å². The summed E-state index contributed by atoms with van der Waals surface area (Å²) < 4.78 is 5.04. The molecule has 2 aromatic carbocycles. The number of nitrogens with zero attached hydrogens (tertiary/aromatic N) is 1. The molecule has 0 aliphatic carbocycles. The molecule has 30 heavy (non-hydrogen) atoms. The van der Waals surface area contributed by atoms with Crippen LogP contribution < -0.4 is 15.5 Å². The number of hydrogen-bond donors (Lipinski definition) is 2. The third kappa shape index (κ3) is 5.44. The monoisotopic (exact) mass is 409 g/mol. The van der Waals surface area contributed by atoms with Crippen molar-refractivity contribution in [3.8, 4) is 0 Å². The molecule has 1 heterocycles. The van der Waals surface area contributed by atoms with Crippen LogP contribution >= 0.6 is 0 Å². The number of ether oxygens (including phenoxy) is 1. The highest BCUT2D eigenvalue weighted by molar-refractivity contribution is 6.05. The Morgan fingerprint density at radius 2 is 1.80 bits per heavy atom. The number of anilines is 2. The van der Waals surface area contributed by atoms with E-state index < -0.39 is 24.5 Å². The summed E-state index contributed by atoms with van der Waals surface area (Å²) in [7, 11) is 0. The third-order valence-electron chi connectivity index (χ3n) is 4.62.